The molecule has 0 saturated carbocycles. The molecular weight excluding hydrogens is 492 g/mol. The van der Waals surface area contributed by atoms with Crippen LogP contribution in [0.1, 0.15) is 45.2 Å². The summed E-state index contributed by atoms with van der Waals surface area (Å²) in [6.45, 7) is 3.57. The number of thioether (sulfide) groups is 1. The molecule has 0 bridgehead atoms. The Kier molecular flexibility index (Phi) is 13.5. The number of nitrogens with two attached hydrogens (primary N) is 1. The van der Waals surface area contributed by atoms with Crippen LogP contribution in [0, 0.1) is 5.92 Å². The van der Waals surface area contributed by atoms with Crippen LogP contribution >= 0.6 is 11.8 Å². The van der Waals surface area contributed by atoms with E-state index in [2.05, 4.69) is 25.9 Å². The van der Waals surface area contributed by atoms with Crippen LogP contribution in [-0.2, 0) is 30.4 Å². The molecule has 5 atom stereocenters. The molecule has 5 unspecified atom stereocenters. The SMILES string of the molecule is CCC(C)C(NC(=O)C(CCSC)NC(=O)C(N)CCC(=O)O)C(=O)NC(Cc1cnc[nH]1)C(=O)O. The molecule has 0 aliphatic rings. The molecule has 0 spiro atoms. The van der Waals surface area contributed by atoms with Gasteiger partial charge in [0, 0.05) is 24.7 Å². The number of nitrogens with zero attached hydrogens (tertiary/aromatic N) is 1. The molecule has 0 fully saturated rings. The number of nitrogens with one attached hydrogen (secondary N) is 4. The number of rotatable bonds is 17. The van der Waals surface area contributed by atoms with Crippen molar-refractivity contribution in [1.82, 2.24) is 25.9 Å². The topological polar surface area (TPSA) is 217 Å². The quantitative estimate of drug-likeness (QED) is 0.137. The maximum absolute atomic E-state index is 13.1. The zero-order valence-electron chi connectivity index (χ0n) is 20.7. The van der Waals surface area contributed by atoms with E-state index in [1.54, 1.807) is 6.92 Å². The number of carbonyl (C=O) groups excluding carboxylic acids is 3. The van der Waals surface area contributed by atoms with Crippen molar-refractivity contribution in [3.63, 3.8) is 0 Å². The lowest BCUT2D eigenvalue weighted by Gasteiger charge is -2.28. The lowest BCUT2D eigenvalue weighted by Crippen LogP contribution is -2.59. The van der Waals surface area contributed by atoms with Gasteiger partial charge in [-0.2, -0.15) is 11.8 Å². The van der Waals surface area contributed by atoms with E-state index >= 15 is 0 Å². The summed E-state index contributed by atoms with van der Waals surface area (Å²) in [5.74, 6) is -4.12. The molecule has 14 heteroatoms. The molecule has 0 aliphatic heterocycles. The largest absolute Gasteiger partial charge is 0.481 e. The molecule has 3 amide bonds. The molecular formula is C22H36N6O7S. The van der Waals surface area contributed by atoms with Gasteiger partial charge in [-0.1, -0.05) is 20.3 Å². The van der Waals surface area contributed by atoms with Crippen molar-refractivity contribution < 1.29 is 34.2 Å². The zero-order valence-corrected chi connectivity index (χ0v) is 21.5. The summed E-state index contributed by atoms with van der Waals surface area (Å²) in [4.78, 5) is 67.7. The Hall–Kier alpha value is -3.13. The number of carbonyl (C=O) groups is 5. The molecule has 1 heterocycles. The molecule has 0 saturated heterocycles. The number of aromatic nitrogens is 2. The third kappa shape index (κ3) is 10.6. The van der Waals surface area contributed by atoms with Crippen LogP contribution < -0.4 is 21.7 Å². The van der Waals surface area contributed by atoms with Crippen molar-refractivity contribution in [2.45, 2.75) is 70.1 Å². The summed E-state index contributed by atoms with van der Waals surface area (Å²) in [5, 5.41) is 26.0. The molecule has 36 heavy (non-hydrogen) atoms. The van der Waals surface area contributed by atoms with Crippen LogP contribution in [0.2, 0.25) is 0 Å². The number of carboxylic acids is 2. The molecule has 1 rings (SSSR count). The molecule has 8 N–H and O–H groups in total. The number of amides is 3. The number of hydrogen-bond donors (Lipinski definition) is 7. The molecule has 1 aromatic rings. The zero-order chi connectivity index (χ0) is 27.3. The van der Waals surface area contributed by atoms with Gasteiger partial charge in [0.1, 0.15) is 18.1 Å². The maximum Gasteiger partial charge on any atom is 0.326 e. The van der Waals surface area contributed by atoms with E-state index in [1.807, 2.05) is 13.2 Å². The number of aliphatic carboxylic acids is 2. The van der Waals surface area contributed by atoms with E-state index in [4.69, 9.17) is 10.8 Å². The Labute approximate surface area is 213 Å². The van der Waals surface area contributed by atoms with E-state index < -0.39 is 53.8 Å². The van der Waals surface area contributed by atoms with E-state index in [-0.39, 0.29) is 31.6 Å². The van der Waals surface area contributed by atoms with Crippen molar-refractivity contribution in [2.24, 2.45) is 11.7 Å². The highest BCUT2D eigenvalue weighted by Gasteiger charge is 2.32. The maximum atomic E-state index is 13.1. The van der Waals surface area contributed by atoms with Gasteiger partial charge in [-0.05, 0) is 30.8 Å². The third-order valence-electron chi connectivity index (χ3n) is 5.64. The molecule has 1 aromatic heterocycles. The number of aromatic amines is 1. The summed E-state index contributed by atoms with van der Waals surface area (Å²) >= 11 is 1.45. The Bertz CT molecular complexity index is 882. The normalized spacial score (nSPS) is 15.1. The standard InChI is InChI=1S/C22H36N6O7S/c1-4-12(2)18(21(33)27-16(22(34)35)9-13-10-24-11-25-13)28-20(32)15(7-8-36-3)26-19(31)14(23)5-6-17(29)30/h10-12,14-16,18H,4-9,23H2,1-3H3,(H,24,25)(H,26,31)(H,27,33)(H,28,32)(H,29,30)(H,34,35). The highest BCUT2D eigenvalue weighted by atomic mass is 32.2. The monoisotopic (exact) mass is 528 g/mol. The van der Waals surface area contributed by atoms with Crippen LogP contribution in [0.15, 0.2) is 12.5 Å². The van der Waals surface area contributed by atoms with Gasteiger partial charge >= 0.3 is 11.9 Å². The van der Waals surface area contributed by atoms with Crippen molar-refractivity contribution in [3.05, 3.63) is 18.2 Å². The fourth-order valence-corrected chi connectivity index (χ4v) is 3.70. The second-order valence-electron chi connectivity index (χ2n) is 8.43. The lowest BCUT2D eigenvalue weighted by atomic mass is 9.97. The first-order valence-corrected chi connectivity index (χ1v) is 13.0. The van der Waals surface area contributed by atoms with Crippen LogP contribution in [0.5, 0.6) is 0 Å². The Morgan fingerprint density at radius 3 is 2.25 bits per heavy atom. The van der Waals surface area contributed by atoms with Crippen molar-refractivity contribution in [2.75, 3.05) is 12.0 Å². The van der Waals surface area contributed by atoms with E-state index in [9.17, 15) is 29.1 Å². The number of hydrogen-bond acceptors (Lipinski definition) is 8. The first kappa shape index (κ1) is 30.9. The Morgan fingerprint density at radius 1 is 1.06 bits per heavy atom. The average Bonchev–Trinajstić information content (AvgIpc) is 3.35. The predicted octanol–water partition coefficient (Wildman–Crippen LogP) is -0.517. The van der Waals surface area contributed by atoms with Crippen molar-refractivity contribution in [3.8, 4) is 0 Å². The van der Waals surface area contributed by atoms with Gasteiger partial charge in [0.25, 0.3) is 0 Å². The van der Waals surface area contributed by atoms with Crippen LogP contribution in [-0.4, -0.2) is 86.0 Å². The first-order valence-electron chi connectivity index (χ1n) is 11.6. The predicted molar refractivity (Wildman–Crippen MR) is 133 cm³/mol. The highest BCUT2D eigenvalue weighted by molar-refractivity contribution is 7.98. The van der Waals surface area contributed by atoms with Gasteiger partial charge in [-0.3, -0.25) is 19.2 Å². The van der Waals surface area contributed by atoms with Gasteiger partial charge in [0.2, 0.25) is 17.7 Å². The minimum absolute atomic E-state index is 0.0249. The number of carboxylic acid groups (broad SMARTS) is 2. The second kappa shape index (κ2) is 15.8. The van der Waals surface area contributed by atoms with Crippen molar-refractivity contribution >= 4 is 41.4 Å². The minimum Gasteiger partial charge on any atom is -0.481 e. The fourth-order valence-electron chi connectivity index (χ4n) is 3.23. The summed E-state index contributed by atoms with van der Waals surface area (Å²) in [7, 11) is 0. The van der Waals surface area contributed by atoms with Gasteiger partial charge in [0.05, 0.1) is 12.4 Å². The number of imidazole rings is 1. The van der Waals surface area contributed by atoms with E-state index in [0.717, 1.165) is 0 Å². The Morgan fingerprint density at radius 2 is 1.72 bits per heavy atom. The van der Waals surface area contributed by atoms with Gasteiger partial charge in [-0.15, -0.1) is 0 Å². The van der Waals surface area contributed by atoms with Crippen LogP contribution in [0.4, 0.5) is 0 Å². The molecule has 0 radical (unpaired) electrons. The van der Waals surface area contributed by atoms with Crippen LogP contribution in [0.25, 0.3) is 0 Å². The summed E-state index contributed by atoms with van der Waals surface area (Å²) in [5.41, 5.74) is 6.28. The van der Waals surface area contributed by atoms with E-state index in [1.165, 1.54) is 24.3 Å². The minimum atomic E-state index is -1.25. The smallest absolute Gasteiger partial charge is 0.326 e. The van der Waals surface area contributed by atoms with E-state index in [0.29, 0.717) is 17.9 Å². The van der Waals surface area contributed by atoms with Crippen LogP contribution in [0.3, 0.4) is 0 Å². The second-order valence-corrected chi connectivity index (χ2v) is 9.42. The lowest BCUT2D eigenvalue weighted by molar-refractivity contribution is -0.142. The van der Waals surface area contributed by atoms with Gasteiger partial charge in [0.15, 0.2) is 0 Å². The molecule has 202 valence electrons. The average molecular weight is 529 g/mol. The summed E-state index contributed by atoms with van der Waals surface area (Å²) in [6, 6.07) is -4.43. The fraction of sp³-hybridized carbons (Fsp3) is 0.636. The number of H-pyrrole nitrogens is 1. The first-order chi connectivity index (χ1) is 17.0. The van der Waals surface area contributed by atoms with Crippen molar-refractivity contribution in [1.29, 1.82) is 0 Å². The summed E-state index contributed by atoms with van der Waals surface area (Å²) < 4.78 is 0. The van der Waals surface area contributed by atoms with Gasteiger partial charge < -0.3 is 36.9 Å². The highest BCUT2D eigenvalue weighted by Crippen LogP contribution is 2.11. The third-order valence-corrected chi connectivity index (χ3v) is 6.28. The Balaban J connectivity index is 2.96. The van der Waals surface area contributed by atoms with Gasteiger partial charge in [-0.25, -0.2) is 9.78 Å². The molecule has 0 aromatic carbocycles. The molecule has 13 nitrogen and oxygen atoms in total. The summed E-state index contributed by atoms with van der Waals surface area (Å²) in [6.07, 6.45) is 5.03. The molecule has 0 aliphatic carbocycles.